The number of benzene rings is 2. The molecule has 1 heterocycles. The van der Waals surface area contributed by atoms with Crippen molar-refractivity contribution in [2.75, 3.05) is 12.0 Å². The number of nitrogens with zero attached hydrogens (tertiary/aromatic N) is 1. The number of aromatic hydroxyl groups is 1. The third-order valence-corrected chi connectivity index (χ3v) is 3.17. The van der Waals surface area contributed by atoms with Crippen LogP contribution in [0.3, 0.4) is 0 Å². The molecule has 2 aromatic carbocycles. The van der Waals surface area contributed by atoms with E-state index in [1.165, 1.54) is 6.07 Å². The standard InChI is InChI=1S/C15H12N2O3/c18-11-5-3-4-10(8-11)16-9-17-14(19)12-6-1-2-7-13(12)15(17)20/h1-8,16,18H,9H2. The van der Waals surface area contributed by atoms with E-state index in [2.05, 4.69) is 5.32 Å². The number of nitrogens with one attached hydrogen (secondary N) is 1. The Morgan fingerprint density at radius 3 is 2.20 bits per heavy atom. The number of carbonyl (C=O) groups excluding carboxylic acids is 2. The fourth-order valence-electron chi connectivity index (χ4n) is 2.17. The fraction of sp³-hybridized carbons (Fsp3) is 0.0667. The Morgan fingerprint density at radius 1 is 0.950 bits per heavy atom. The van der Waals surface area contributed by atoms with Crippen molar-refractivity contribution >= 4 is 17.5 Å². The second-order valence-electron chi connectivity index (χ2n) is 4.47. The van der Waals surface area contributed by atoms with Gasteiger partial charge in [-0.15, -0.1) is 0 Å². The highest BCUT2D eigenvalue weighted by atomic mass is 16.3. The van der Waals surface area contributed by atoms with Gasteiger partial charge in [-0.05, 0) is 24.3 Å². The van der Waals surface area contributed by atoms with Crippen molar-refractivity contribution in [3.05, 3.63) is 59.7 Å². The lowest BCUT2D eigenvalue weighted by molar-refractivity contribution is 0.0666. The molecule has 100 valence electrons. The molecule has 0 atom stereocenters. The number of imide groups is 1. The first-order chi connectivity index (χ1) is 9.66. The van der Waals surface area contributed by atoms with Gasteiger partial charge in [-0.25, -0.2) is 0 Å². The first kappa shape index (κ1) is 12.2. The minimum atomic E-state index is -0.307. The van der Waals surface area contributed by atoms with E-state index in [-0.39, 0.29) is 24.2 Å². The van der Waals surface area contributed by atoms with Crippen LogP contribution in [0.5, 0.6) is 5.75 Å². The van der Waals surface area contributed by atoms with Crippen molar-refractivity contribution in [3.8, 4) is 5.75 Å². The van der Waals surface area contributed by atoms with E-state index in [1.54, 1.807) is 42.5 Å². The minimum Gasteiger partial charge on any atom is -0.508 e. The number of anilines is 1. The van der Waals surface area contributed by atoms with Crippen LogP contribution in [0.15, 0.2) is 48.5 Å². The van der Waals surface area contributed by atoms with E-state index in [0.29, 0.717) is 16.8 Å². The maximum absolute atomic E-state index is 12.1. The number of phenolic OH excluding ortho intramolecular Hbond substituents is 1. The van der Waals surface area contributed by atoms with E-state index < -0.39 is 0 Å². The molecular formula is C15H12N2O3. The van der Waals surface area contributed by atoms with Gasteiger partial charge in [0.2, 0.25) is 0 Å². The van der Waals surface area contributed by atoms with Crippen LogP contribution in [-0.2, 0) is 0 Å². The molecule has 0 bridgehead atoms. The Balaban J connectivity index is 1.77. The van der Waals surface area contributed by atoms with Crippen LogP contribution in [0, 0.1) is 0 Å². The molecule has 0 radical (unpaired) electrons. The van der Waals surface area contributed by atoms with E-state index in [4.69, 9.17) is 0 Å². The molecule has 0 saturated carbocycles. The van der Waals surface area contributed by atoms with Crippen molar-refractivity contribution in [3.63, 3.8) is 0 Å². The zero-order valence-corrected chi connectivity index (χ0v) is 10.5. The first-order valence-corrected chi connectivity index (χ1v) is 6.15. The Hall–Kier alpha value is -2.82. The normalized spacial score (nSPS) is 13.5. The lowest BCUT2D eigenvalue weighted by Crippen LogP contribution is -2.34. The van der Waals surface area contributed by atoms with E-state index in [9.17, 15) is 14.7 Å². The lowest BCUT2D eigenvalue weighted by atomic mass is 10.1. The monoisotopic (exact) mass is 268 g/mol. The van der Waals surface area contributed by atoms with Gasteiger partial charge in [-0.1, -0.05) is 18.2 Å². The molecule has 0 aliphatic carbocycles. The highest BCUT2D eigenvalue weighted by molar-refractivity contribution is 6.21. The summed E-state index contributed by atoms with van der Waals surface area (Å²) in [6, 6.07) is 13.3. The summed E-state index contributed by atoms with van der Waals surface area (Å²) < 4.78 is 0. The van der Waals surface area contributed by atoms with Gasteiger partial charge < -0.3 is 10.4 Å². The summed E-state index contributed by atoms with van der Waals surface area (Å²) in [4.78, 5) is 25.4. The third kappa shape index (κ3) is 1.99. The number of hydrogen-bond donors (Lipinski definition) is 2. The zero-order chi connectivity index (χ0) is 14.1. The lowest BCUT2D eigenvalue weighted by Gasteiger charge is -2.15. The van der Waals surface area contributed by atoms with Gasteiger partial charge in [0.1, 0.15) is 5.75 Å². The predicted molar refractivity (Wildman–Crippen MR) is 73.5 cm³/mol. The van der Waals surface area contributed by atoms with Crippen LogP contribution in [0.2, 0.25) is 0 Å². The number of rotatable bonds is 3. The van der Waals surface area contributed by atoms with E-state index >= 15 is 0 Å². The molecule has 2 amide bonds. The molecule has 1 aliphatic heterocycles. The number of phenols is 1. The van der Waals surface area contributed by atoms with Gasteiger partial charge in [-0.2, -0.15) is 0 Å². The third-order valence-electron chi connectivity index (χ3n) is 3.17. The maximum atomic E-state index is 12.1. The molecule has 0 aromatic heterocycles. The number of amides is 2. The van der Waals surface area contributed by atoms with Crippen LogP contribution in [0.1, 0.15) is 20.7 Å². The molecule has 3 rings (SSSR count). The molecule has 0 unspecified atom stereocenters. The first-order valence-electron chi connectivity index (χ1n) is 6.15. The summed E-state index contributed by atoms with van der Waals surface area (Å²) in [6.07, 6.45) is 0. The van der Waals surface area contributed by atoms with Crippen LogP contribution in [0.4, 0.5) is 5.69 Å². The minimum absolute atomic E-state index is 0.0653. The van der Waals surface area contributed by atoms with Gasteiger partial charge in [0.25, 0.3) is 11.8 Å². The summed E-state index contributed by atoms with van der Waals surface area (Å²) in [5, 5.41) is 12.3. The topological polar surface area (TPSA) is 69.6 Å². The molecule has 1 aliphatic rings. The quantitative estimate of drug-likeness (QED) is 0.836. The molecule has 0 saturated heterocycles. The van der Waals surface area contributed by atoms with Gasteiger partial charge in [0.15, 0.2) is 0 Å². The van der Waals surface area contributed by atoms with Crippen molar-refractivity contribution in [2.24, 2.45) is 0 Å². The van der Waals surface area contributed by atoms with Gasteiger partial charge in [0, 0.05) is 11.8 Å². The summed E-state index contributed by atoms with van der Waals surface area (Å²) >= 11 is 0. The molecule has 5 nitrogen and oxygen atoms in total. The summed E-state index contributed by atoms with van der Waals surface area (Å²) in [5.74, 6) is -0.492. The second kappa shape index (κ2) is 4.70. The number of carbonyl (C=O) groups is 2. The van der Waals surface area contributed by atoms with Crippen LogP contribution >= 0.6 is 0 Å². The highest BCUT2D eigenvalue weighted by Crippen LogP contribution is 2.22. The number of hydrogen-bond acceptors (Lipinski definition) is 4. The largest absolute Gasteiger partial charge is 0.508 e. The van der Waals surface area contributed by atoms with Gasteiger partial charge in [0.05, 0.1) is 17.8 Å². The summed E-state index contributed by atoms with van der Waals surface area (Å²) in [5.41, 5.74) is 1.49. The molecule has 0 spiro atoms. The van der Waals surface area contributed by atoms with Crippen molar-refractivity contribution < 1.29 is 14.7 Å². The number of fused-ring (bicyclic) bond motifs is 1. The summed E-state index contributed by atoms with van der Waals surface area (Å²) in [6.45, 7) is 0.0653. The average Bonchev–Trinajstić information content (AvgIpc) is 2.70. The Morgan fingerprint density at radius 2 is 1.60 bits per heavy atom. The van der Waals surface area contributed by atoms with E-state index in [0.717, 1.165) is 4.90 Å². The SMILES string of the molecule is O=C1c2ccccc2C(=O)N1CNc1cccc(O)c1. The van der Waals surface area contributed by atoms with E-state index in [1.807, 2.05) is 0 Å². The molecule has 20 heavy (non-hydrogen) atoms. The zero-order valence-electron chi connectivity index (χ0n) is 10.5. The summed E-state index contributed by atoms with van der Waals surface area (Å²) in [7, 11) is 0. The van der Waals surface area contributed by atoms with Crippen molar-refractivity contribution in [2.45, 2.75) is 0 Å². The smallest absolute Gasteiger partial charge is 0.263 e. The molecular weight excluding hydrogens is 256 g/mol. The molecule has 2 N–H and O–H groups in total. The molecule has 2 aromatic rings. The Kier molecular flexibility index (Phi) is 2.87. The van der Waals surface area contributed by atoms with Gasteiger partial charge >= 0.3 is 0 Å². The predicted octanol–water partition coefficient (Wildman–Crippen LogP) is 2.06. The van der Waals surface area contributed by atoms with Crippen molar-refractivity contribution in [1.82, 2.24) is 4.90 Å². The van der Waals surface area contributed by atoms with Crippen LogP contribution in [0.25, 0.3) is 0 Å². The second-order valence-corrected chi connectivity index (χ2v) is 4.47. The van der Waals surface area contributed by atoms with Crippen molar-refractivity contribution in [1.29, 1.82) is 0 Å². The maximum Gasteiger partial charge on any atom is 0.263 e. The molecule has 5 heteroatoms. The Labute approximate surface area is 115 Å². The van der Waals surface area contributed by atoms with Crippen LogP contribution in [-0.4, -0.2) is 28.5 Å². The highest BCUT2D eigenvalue weighted by Gasteiger charge is 2.34. The average molecular weight is 268 g/mol. The van der Waals surface area contributed by atoms with Crippen LogP contribution < -0.4 is 5.32 Å². The van der Waals surface area contributed by atoms with Gasteiger partial charge in [-0.3, -0.25) is 14.5 Å². The molecule has 0 fully saturated rings. The Bertz CT molecular complexity index is 662. The fourth-order valence-corrected chi connectivity index (χ4v) is 2.17.